The van der Waals surface area contributed by atoms with Gasteiger partial charge in [-0.25, -0.2) is 0 Å². The Morgan fingerprint density at radius 1 is 1.27 bits per heavy atom. The van der Waals surface area contributed by atoms with Crippen molar-refractivity contribution in [3.63, 3.8) is 0 Å². The molecule has 2 N–H and O–H groups in total. The number of hydrogen-bond acceptors (Lipinski definition) is 3. The van der Waals surface area contributed by atoms with Gasteiger partial charge in [0.2, 0.25) is 0 Å². The first-order chi connectivity index (χ1) is 10.2. The summed E-state index contributed by atoms with van der Waals surface area (Å²) in [6.45, 7) is 6.99. The lowest BCUT2D eigenvalue weighted by molar-refractivity contribution is 0.310. The summed E-state index contributed by atoms with van der Waals surface area (Å²) >= 11 is 1.80. The predicted molar refractivity (Wildman–Crippen MR) is 110 cm³/mol. The first-order valence-electron chi connectivity index (χ1n) is 7.91. The van der Waals surface area contributed by atoms with Crippen molar-refractivity contribution in [2.24, 2.45) is 4.99 Å². The zero-order chi connectivity index (χ0) is 15.5. The Hall–Kier alpha value is -0.340. The lowest BCUT2D eigenvalue weighted by Crippen LogP contribution is -2.38. The topological polar surface area (TPSA) is 39.7 Å². The van der Waals surface area contributed by atoms with Crippen LogP contribution in [0, 0.1) is 0 Å². The molecule has 1 atom stereocenters. The minimum Gasteiger partial charge on any atom is -0.357 e. The molecule has 0 spiro atoms. The minimum atomic E-state index is 0. The van der Waals surface area contributed by atoms with Crippen LogP contribution in [0.5, 0.6) is 0 Å². The van der Waals surface area contributed by atoms with Crippen LogP contribution in [0.1, 0.15) is 44.0 Å². The molecule has 1 unspecified atom stereocenters. The molecule has 1 aromatic rings. The molecule has 6 heteroatoms. The molecule has 0 radical (unpaired) electrons. The molecule has 0 aromatic carbocycles. The van der Waals surface area contributed by atoms with E-state index in [0.29, 0.717) is 6.04 Å². The van der Waals surface area contributed by atoms with Gasteiger partial charge in [0, 0.05) is 18.0 Å². The molecule has 1 heterocycles. The van der Waals surface area contributed by atoms with Gasteiger partial charge in [0.1, 0.15) is 0 Å². The van der Waals surface area contributed by atoms with E-state index in [-0.39, 0.29) is 24.0 Å². The van der Waals surface area contributed by atoms with Gasteiger partial charge in [-0.2, -0.15) is 0 Å². The zero-order valence-electron chi connectivity index (χ0n) is 14.3. The summed E-state index contributed by atoms with van der Waals surface area (Å²) in [4.78, 5) is 8.35. The molecular formula is C16H31IN4S. The molecule has 0 aliphatic carbocycles. The third-order valence-corrected chi connectivity index (χ3v) is 4.31. The Morgan fingerprint density at radius 2 is 2.05 bits per heavy atom. The van der Waals surface area contributed by atoms with Crippen LogP contribution >= 0.6 is 35.3 Å². The van der Waals surface area contributed by atoms with Gasteiger partial charge in [0.15, 0.2) is 5.96 Å². The highest BCUT2D eigenvalue weighted by atomic mass is 127. The second-order valence-electron chi connectivity index (χ2n) is 5.35. The monoisotopic (exact) mass is 438 g/mol. The molecule has 0 saturated heterocycles. The van der Waals surface area contributed by atoms with Crippen LogP contribution in [0.2, 0.25) is 0 Å². The van der Waals surface area contributed by atoms with E-state index in [2.05, 4.69) is 61.0 Å². The summed E-state index contributed by atoms with van der Waals surface area (Å²) in [6.07, 6.45) is 3.71. The van der Waals surface area contributed by atoms with Gasteiger partial charge < -0.3 is 15.5 Å². The lowest BCUT2D eigenvalue weighted by atomic mass is 10.2. The molecule has 0 saturated carbocycles. The van der Waals surface area contributed by atoms with Crippen LogP contribution in [0.25, 0.3) is 0 Å². The molecule has 1 rings (SSSR count). The Morgan fingerprint density at radius 3 is 2.59 bits per heavy atom. The van der Waals surface area contributed by atoms with E-state index in [1.165, 1.54) is 24.1 Å². The predicted octanol–water partition coefficient (Wildman–Crippen LogP) is 3.71. The van der Waals surface area contributed by atoms with E-state index in [0.717, 1.165) is 25.6 Å². The SMILES string of the molecule is CCCCCNC(=NCC(c1cccs1)N(C)C)NCC.I. The van der Waals surface area contributed by atoms with Gasteiger partial charge in [-0.3, -0.25) is 4.99 Å². The number of hydrogen-bond donors (Lipinski definition) is 2. The number of likely N-dealkylation sites (N-methyl/N-ethyl adjacent to an activating group) is 1. The van der Waals surface area contributed by atoms with Crippen molar-refractivity contribution < 1.29 is 0 Å². The van der Waals surface area contributed by atoms with Crippen molar-refractivity contribution in [2.45, 2.75) is 39.2 Å². The fourth-order valence-electron chi connectivity index (χ4n) is 2.09. The number of aliphatic imine (C=N–C) groups is 1. The van der Waals surface area contributed by atoms with Crippen molar-refractivity contribution in [3.05, 3.63) is 22.4 Å². The Bertz CT molecular complexity index is 393. The minimum absolute atomic E-state index is 0. The normalized spacial score (nSPS) is 12.9. The van der Waals surface area contributed by atoms with Gasteiger partial charge in [0.25, 0.3) is 0 Å². The van der Waals surface area contributed by atoms with Gasteiger partial charge >= 0.3 is 0 Å². The van der Waals surface area contributed by atoms with E-state index < -0.39 is 0 Å². The van der Waals surface area contributed by atoms with E-state index in [1.54, 1.807) is 11.3 Å². The molecule has 0 aliphatic rings. The standard InChI is InChI=1S/C16H30N4S.HI/c1-5-7-8-11-18-16(17-6-2)19-13-14(20(3)4)15-10-9-12-21-15;/h9-10,12,14H,5-8,11,13H2,1-4H3,(H2,17,18,19);1H. The van der Waals surface area contributed by atoms with Crippen LogP contribution in [-0.2, 0) is 0 Å². The number of nitrogens with zero attached hydrogens (tertiary/aromatic N) is 2. The van der Waals surface area contributed by atoms with Crippen molar-refractivity contribution in [1.29, 1.82) is 0 Å². The third-order valence-electron chi connectivity index (χ3n) is 3.33. The molecule has 1 aromatic heterocycles. The molecule has 0 fully saturated rings. The fraction of sp³-hybridized carbons (Fsp3) is 0.688. The Kier molecular flexibility index (Phi) is 12.9. The molecule has 0 bridgehead atoms. The summed E-state index contributed by atoms with van der Waals surface area (Å²) in [5, 5.41) is 8.87. The van der Waals surface area contributed by atoms with Crippen LogP contribution in [0.3, 0.4) is 0 Å². The maximum atomic E-state index is 4.75. The number of halogens is 1. The average molecular weight is 438 g/mol. The highest BCUT2D eigenvalue weighted by Gasteiger charge is 2.14. The third kappa shape index (κ3) is 8.33. The van der Waals surface area contributed by atoms with Crippen LogP contribution in [0.15, 0.2) is 22.5 Å². The maximum absolute atomic E-state index is 4.75. The fourth-order valence-corrected chi connectivity index (χ4v) is 3.00. The molecule has 0 amide bonds. The summed E-state index contributed by atoms with van der Waals surface area (Å²) in [7, 11) is 4.23. The van der Waals surface area contributed by atoms with E-state index >= 15 is 0 Å². The second-order valence-corrected chi connectivity index (χ2v) is 6.33. The Labute approximate surface area is 156 Å². The van der Waals surface area contributed by atoms with Crippen molar-refractivity contribution in [1.82, 2.24) is 15.5 Å². The molecule has 0 aliphatic heterocycles. The largest absolute Gasteiger partial charge is 0.357 e. The van der Waals surface area contributed by atoms with E-state index in [4.69, 9.17) is 4.99 Å². The van der Waals surface area contributed by atoms with Crippen molar-refractivity contribution in [3.8, 4) is 0 Å². The number of unbranched alkanes of at least 4 members (excludes halogenated alkanes) is 2. The summed E-state index contributed by atoms with van der Waals surface area (Å²) in [5.41, 5.74) is 0. The van der Waals surface area contributed by atoms with Crippen LogP contribution < -0.4 is 10.6 Å². The highest BCUT2D eigenvalue weighted by molar-refractivity contribution is 14.0. The summed E-state index contributed by atoms with van der Waals surface area (Å²) in [6, 6.07) is 4.64. The van der Waals surface area contributed by atoms with E-state index in [9.17, 15) is 0 Å². The summed E-state index contributed by atoms with van der Waals surface area (Å²) in [5.74, 6) is 0.928. The van der Waals surface area contributed by atoms with Gasteiger partial charge in [0.05, 0.1) is 12.6 Å². The highest BCUT2D eigenvalue weighted by Crippen LogP contribution is 2.23. The number of nitrogens with one attached hydrogen (secondary N) is 2. The first kappa shape index (κ1) is 21.7. The van der Waals surface area contributed by atoms with Gasteiger partial charge in [-0.15, -0.1) is 35.3 Å². The lowest BCUT2D eigenvalue weighted by Gasteiger charge is -2.22. The first-order valence-corrected chi connectivity index (χ1v) is 8.79. The molecule has 22 heavy (non-hydrogen) atoms. The summed E-state index contributed by atoms with van der Waals surface area (Å²) < 4.78 is 0. The van der Waals surface area contributed by atoms with E-state index in [1.807, 2.05) is 0 Å². The second kappa shape index (κ2) is 13.1. The van der Waals surface area contributed by atoms with Gasteiger partial charge in [-0.05, 0) is 38.9 Å². The number of rotatable bonds is 9. The van der Waals surface area contributed by atoms with Crippen molar-refractivity contribution >= 4 is 41.3 Å². The number of guanidine groups is 1. The zero-order valence-corrected chi connectivity index (χ0v) is 17.4. The van der Waals surface area contributed by atoms with Gasteiger partial charge in [-0.1, -0.05) is 25.8 Å². The molecular weight excluding hydrogens is 407 g/mol. The smallest absolute Gasteiger partial charge is 0.191 e. The molecule has 128 valence electrons. The van der Waals surface area contributed by atoms with Crippen molar-refractivity contribution in [2.75, 3.05) is 33.7 Å². The van der Waals surface area contributed by atoms with Crippen LogP contribution in [-0.4, -0.2) is 44.6 Å². The number of thiophene rings is 1. The maximum Gasteiger partial charge on any atom is 0.191 e. The molecule has 4 nitrogen and oxygen atoms in total. The quantitative estimate of drug-likeness (QED) is 0.267. The Balaban J connectivity index is 0.00000441. The average Bonchev–Trinajstić information content (AvgIpc) is 2.97. The van der Waals surface area contributed by atoms with Crippen LogP contribution in [0.4, 0.5) is 0 Å².